The van der Waals surface area contributed by atoms with Crippen molar-refractivity contribution < 1.29 is 17.5 Å². The minimum Gasteiger partial charge on any atom is -0.438 e. The van der Waals surface area contributed by atoms with Crippen molar-refractivity contribution in [2.75, 3.05) is 4.72 Å². The van der Waals surface area contributed by atoms with Crippen LogP contribution in [0.5, 0.6) is 11.6 Å². The van der Waals surface area contributed by atoms with E-state index in [9.17, 15) is 12.8 Å². The van der Waals surface area contributed by atoms with Crippen LogP contribution in [-0.2, 0) is 10.0 Å². The molecule has 2 heterocycles. The molecule has 0 aliphatic rings. The minimum absolute atomic E-state index is 0.150. The molecule has 0 fully saturated rings. The molecule has 11 heteroatoms. The van der Waals surface area contributed by atoms with Gasteiger partial charge in [0.2, 0.25) is 5.88 Å². The molecule has 0 radical (unpaired) electrons. The first kappa shape index (κ1) is 20.8. The molecule has 2 aromatic heterocycles. The standard InChI is InChI=1S/C20H15ClFN5O3S/c1-13-23-10-11-27(13)19-8-9-20(25-24-19)30-15-4-2-14(3-5-15)26-31(28,29)16-6-7-18(22)17(21)12-16/h2-12,26H,1H3. The molecule has 0 aliphatic heterocycles. The van der Waals surface area contributed by atoms with Crippen molar-refractivity contribution in [2.24, 2.45) is 0 Å². The smallest absolute Gasteiger partial charge is 0.261 e. The Hall–Kier alpha value is -3.50. The number of hydrogen-bond acceptors (Lipinski definition) is 6. The van der Waals surface area contributed by atoms with Crippen LogP contribution in [0.4, 0.5) is 10.1 Å². The van der Waals surface area contributed by atoms with Gasteiger partial charge in [-0.2, -0.15) is 0 Å². The van der Waals surface area contributed by atoms with Crippen LogP contribution in [0.25, 0.3) is 5.82 Å². The van der Waals surface area contributed by atoms with Gasteiger partial charge in [0.05, 0.1) is 9.92 Å². The van der Waals surface area contributed by atoms with Gasteiger partial charge in [-0.15, -0.1) is 10.2 Å². The molecule has 4 rings (SSSR count). The summed E-state index contributed by atoms with van der Waals surface area (Å²) in [7, 11) is -3.93. The Morgan fingerprint density at radius 2 is 1.84 bits per heavy atom. The summed E-state index contributed by atoms with van der Waals surface area (Å²) >= 11 is 5.67. The number of halogens is 2. The van der Waals surface area contributed by atoms with Crippen molar-refractivity contribution in [3.63, 3.8) is 0 Å². The third-order valence-electron chi connectivity index (χ3n) is 4.23. The lowest BCUT2D eigenvalue weighted by atomic mass is 10.3. The highest BCUT2D eigenvalue weighted by molar-refractivity contribution is 7.92. The highest BCUT2D eigenvalue weighted by Gasteiger charge is 2.16. The Balaban J connectivity index is 1.44. The van der Waals surface area contributed by atoms with E-state index in [0.29, 0.717) is 17.3 Å². The van der Waals surface area contributed by atoms with E-state index >= 15 is 0 Å². The number of nitrogens with zero attached hydrogens (tertiary/aromatic N) is 4. The molecule has 0 saturated heterocycles. The third-order valence-corrected chi connectivity index (χ3v) is 5.90. The summed E-state index contributed by atoms with van der Waals surface area (Å²) in [4.78, 5) is 3.99. The number of aryl methyl sites for hydroxylation is 1. The molecule has 31 heavy (non-hydrogen) atoms. The number of nitrogens with one attached hydrogen (secondary N) is 1. The SMILES string of the molecule is Cc1nccn1-c1ccc(Oc2ccc(NS(=O)(=O)c3ccc(F)c(Cl)c3)cc2)nn1. The van der Waals surface area contributed by atoms with Gasteiger partial charge >= 0.3 is 0 Å². The van der Waals surface area contributed by atoms with Crippen molar-refractivity contribution in [2.45, 2.75) is 11.8 Å². The summed E-state index contributed by atoms with van der Waals surface area (Å²) in [6.07, 6.45) is 3.45. The Morgan fingerprint density at radius 3 is 2.45 bits per heavy atom. The third kappa shape index (κ3) is 4.65. The van der Waals surface area contributed by atoms with Gasteiger partial charge < -0.3 is 4.74 Å². The predicted molar refractivity (Wildman–Crippen MR) is 113 cm³/mol. The second-order valence-electron chi connectivity index (χ2n) is 6.38. The van der Waals surface area contributed by atoms with Gasteiger partial charge in [-0.3, -0.25) is 9.29 Å². The molecule has 4 aromatic rings. The fraction of sp³-hybridized carbons (Fsp3) is 0.0500. The molecular formula is C20H15ClFN5O3S. The zero-order valence-corrected chi connectivity index (χ0v) is 17.6. The lowest BCUT2D eigenvalue weighted by Gasteiger charge is -2.10. The molecule has 8 nitrogen and oxygen atoms in total. The second-order valence-corrected chi connectivity index (χ2v) is 8.47. The number of hydrogen-bond donors (Lipinski definition) is 1. The van der Waals surface area contributed by atoms with Crippen molar-refractivity contribution in [3.8, 4) is 17.4 Å². The number of benzene rings is 2. The molecular weight excluding hydrogens is 445 g/mol. The van der Waals surface area contributed by atoms with Gasteiger partial charge in [0.25, 0.3) is 10.0 Å². The maximum Gasteiger partial charge on any atom is 0.261 e. The summed E-state index contributed by atoms with van der Waals surface area (Å²) in [5.41, 5.74) is 0.296. The molecule has 0 atom stereocenters. The monoisotopic (exact) mass is 459 g/mol. The van der Waals surface area contributed by atoms with Crippen molar-refractivity contribution in [1.82, 2.24) is 19.7 Å². The average Bonchev–Trinajstić information content (AvgIpc) is 3.17. The van der Waals surface area contributed by atoms with Crippen molar-refractivity contribution in [3.05, 3.63) is 83.7 Å². The molecule has 0 bridgehead atoms. The van der Waals surface area contributed by atoms with Gasteiger partial charge in [-0.25, -0.2) is 17.8 Å². The van der Waals surface area contributed by atoms with Gasteiger partial charge in [-0.1, -0.05) is 11.6 Å². The summed E-state index contributed by atoms with van der Waals surface area (Å²) in [5.74, 6) is 1.40. The zero-order valence-electron chi connectivity index (χ0n) is 16.0. The highest BCUT2D eigenvalue weighted by atomic mass is 35.5. The van der Waals surface area contributed by atoms with E-state index in [4.69, 9.17) is 16.3 Å². The lowest BCUT2D eigenvalue weighted by molar-refractivity contribution is 0.454. The number of anilines is 1. The maximum absolute atomic E-state index is 13.3. The first-order valence-electron chi connectivity index (χ1n) is 8.92. The molecule has 158 valence electrons. The fourth-order valence-corrected chi connectivity index (χ4v) is 4.02. The van der Waals surface area contributed by atoms with Crippen LogP contribution < -0.4 is 9.46 Å². The van der Waals surface area contributed by atoms with Crippen LogP contribution in [0, 0.1) is 12.7 Å². The van der Waals surface area contributed by atoms with Gasteiger partial charge in [0.15, 0.2) is 5.82 Å². The summed E-state index contributed by atoms with van der Waals surface area (Å²) in [6, 6.07) is 12.8. The molecule has 0 spiro atoms. The van der Waals surface area contributed by atoms with Crippen molar-refractivity contribution >= 4 is 27.3 Å². The predicted octanol–water partition coefficient (Wildman–Crippen LogP) is 4.36. The van der Waals surface area contributed by atoms with Gasteiger partial charge in [-0.05, 0) is 55.5 Å². The second kappa shape index (κ2) is 8.32. The Morgan fingerprint density at radius 1 is 1.06 bits per heavy atom. The number of sulfonamides is 1. The van der Waals surface area contributed by atoms with Gasteiger partial charge in [0, 0.05) is 24.1 Å². The molecule has 2 aromatic carbocycles. The number of rotatable bonds is 6. The topological polar surface area (TPSA) is 99.0 Å². The fourth-order valence-electron chi connectivity index (χ4n) is 2.69. The Labute approximate surface area is 182 Å². The van der Waals surface area contributed by atoms with E-state index in [-0.39, 0.29) is 15.8 Å². The Bertz CT molecular complexity index is 1330. The summed E-state index contributed by atoms with van der Waals surface area (Å²) in [5, 5.41) is 7.87. The van der Waals surface area contributed by atoms with Gasteiger partial charge in [0.1, 0.15) is 17.4 Å². The minimum atomic E-state index is -3.93. The van der Waals surface area contributed by atoms with Crippen LogP contribution in [0.2, 0.25) is 5.02 Å². The maximum atomic E-state index is 13.3. The zero-order chi connectivity index (χ0) is 22.0. The number of ether oxygens (including phenoxy) is 1. The lowest BCUT2D eigenvalue weighted by Crippen LogP contribution is -2.13. The van der Waals surface area contributed by atoms with Crippen LogP contribution in [-0.4, -0.2) is 28.2 Å². The largest absolute Gasteiger partial charge is 0.438 e. The van der Waals surface area contributed by atoms with Crippen LogP contribution in [0.1, 0.15) is 5.82 Å². The van der Waals surface area contributed by atoms with E-state index in [2.05, 4.69) is 19.9 Å². The molecule has 0 aliphatic carbocycles. The first-order chi connectivity index (χ1) is 14.8. The summed E-state index contributed by atoms with van der Waals surface area (Å²) < 4.78 is 48.0. The average molecular weight is 460 g/mol. The van der Waals surface area contributed by atoms with E-state index in [0.717, 1.165) is 24.0 Å². The van der Waals surface area contributed by atoms with E-state index < -0.39 is 15.8 Å². The van der Waals surface area contributed by atoms with Crippen LogP contribution >= 0.6 is 11.6 Å². The number of imidazole rings is 1. The van der Waals surface area contributed by atoms with E-state index in [1.807, 2.05) is 6.92 Å². The van der Waals surface area contributed by atoms with Crippen molar-refractivity contribution in [1.29, 1.82) is 0 Å². The van der Waals surface area contributed by atoms with Crippen LogP contribution in [0.3, 0.4) is 0 Å². The molecule has 0 saturated carbocycles. The normalized spacial score (nSPS) is 11.3. The van der Waals surface area contributed by atoms with E-state index in [1.165, 1.54) is 12.1 Å². The van der Waals surface area contributed by atoms with E-state index in [1.54, 1.807) is 41.2 Å². The van der Waals surface area contributed by atoms with Crippen LogP contribution in [0.15, 0.2) is 71.9 Å². The Kier molecular flexibility index (Phi) is 5.57. The summed E-state index contributed by atoms with van der Waals surface area (Å²) in [6.45, 7) is 1.85. The first-order valence-corrected chi connectivity index (χ1v) is 10.8. The quantitative estimate of drug-likeness (QED) is 0.460. The number of aromatic nitrogens is 4. The molecule has 0 unspecified atom stereocenters. The molecule has 0 amide bonds. The highest BCUT2D eigenvalue weighted by Crippen LogP contribution is 2.25. The molecule has 1 N–H and O–H groups in total.